The smallest absolute Gasteiger partial charge is 0.326 e. The number of primary amides is 1. The summed E-state index contributed by atoms with van der Waals surface area (Å²) in [5.41, 5.74) is 12.1. The SMILES string of the molecule is CC[C@H](C)[C@H](NC(=O)[C@H](Cc1ccc(O)cc1)NC(=O)[C@@H]1CCCN1C(=O)[C@H](C)NC(=O)[C@H](CC(C)C)NC(=O)[C@H](CCSC)NC(=O)[C@H](CCC(=O)O)NC(=O)[C@H](CC(C)C)NC(=O)[C@H](CC(=O)O)NC(=O)[C@@H](N)CC(C)C)C(=O)N1CCC[C@H]1C(=O)N[C@@H](CCSC)C(=O)N[C@@H](CC(=O)O)C(=O)N[C@@H](CC(=O)O)C(=O)N[C@@H](CC(=O)O)C(=O)N[C@@H](Cc1ccccc1)C(=O)N[C@@H](CCC(N)=O)C(=O)N[C@@H](CC(C)C)C(=O)O. The van der Waals surface area contributed by atoms with Gasteiger partial charge in [-0.05, 0) is 161 Å². The highest BCUT2D eigenvalue weighted by Gasteiger charge is 2.46. The van der Waals surface area contributed by atoms with E-state index in [9.17, 15) is 141 Å². The average Bonchev–Trinajstić information content (AvgIpc) is 1.67. The fourth-order valence-electron chi connectivity index (χ4n) is 16.4. The zero-order valence-electron chi connectivity index (χ0n) is 85.9. The van der Waals surface area contributed by atoms with E-state index in [0.29, 0.717) is 11.1 Å². The summed E-state index contributed by atoms with van der Waals surface area (Å²) < 4.78 is 0. The van der Waals surface area contributed by atoms with Crippen molar-refractivity contribution in [3.63, 3.8) is 0 Å². The van der Waals surface area contributed by atoms with E-state index in [1.54, 1.807) is 99.9 Å². The summed E-state index contributed by atoms with van der Waals surface area (Å²) in [5, 5.41) is 106. The first-order valence-electron chi connectivity index (χ1n) is 49.3. The van der Waals surface area contributed by atoms with Gasteiger partial charge in [-0.2, -0.15) is 23.5 Å². The van der Waals surface area contributed by atoms with E-state index in [1.165, 1.54) is 71.7 Å². The van der Waals surface area contributed by atoms with E-state index in [4.69, 9.17) is 11.5 Å². The number of aromatic hydroxyl groups is 1. The molecule has 149 heavy (non-hydrogen) atoms. The third-order valence-corrected chi connectivity index (χ3v) is 25.6. The molecule has 50 nitrogen and oxygen atoms in total. The van der Waals surface area contributed by atoms with Crippen molar-refractivity contribution in [3.05, 3.63) is 65.7 Å². The molecule has 18 amide bonds. The van der Waals surface area contributed by atoms with Crippen molar-refractivity contribution in [2.75, 3.05) is 37.1 Å². The summed E-state index contributed by atoms with van der Waals surface area (Å²) in [6.45, 7) is 18.2. The number of carboxylic acids is 6. The number of hydrogen-bond donors (Lipinski definition) is 24. The number of benzene rings is 2. The van der Waals surface area contributed by atoms with Crippen LogP contribution in [0.5, 0.6) is 5.75 Å². The van der Waals surface area contributed by atoms with Gasteiger partial charge in [-0.3, -0.25) is 110 Å². The zero-order valence-corrected chi connectivity index (χ0v) is 87.6. The number of phenols is 1. The molecule has 2 aliphatic rings. The Bertz CT molecular complexity index is 5000. The van der Waals surface area contributed by atoms with E-state index in [-0.39, 0.29) is 131 Å². The second kappa shape index (κ2) is 63.8. The Labute approximate surface area is 871 Å². The molecule has 52 heteroatoms. The predicted molar refractivity (Wildman–Crippen MR) is 539 cm³/mol. The first kappa shape index (κ1) is 127. The Hall–Kier alpha value is -13.8. The van der Waals surface area contributed by atoms with Crippen molar-refractivity contribution in [2.45, 2.75) is 320 Å². The van der Waals surface area contributed by atoms with E-state index in [2.05, 4.69) is 69.1 Å². The number of hydrogen-bond acceptors (Lipinski definition) is 28. The maximum Gasteiger partial charge on any atom is 0.326 e. The first-order valence-corrected chi connectivity index (χ1v) is 52.1. The zero-order chi connectivity index (χ0) is 112. The fourth-order valence-corrected chi connectivity index (χ4v) is 17.3. The van der Waals surface area contributed by atoms with Gasteiger partial charge >= 0.3 is 35.8 Å². The number of amides is 18. The summed E-state index contributed by atoms with van der Waals surface area (Å²) in [6, 6.07) is -16.2. The molecule has 0 spiro atoms. The second-order valence-electron chi connectivity index (χ2n) is 38.7. The minimum atomic E-state index is -2.32. The number of carbonyl (C=O) groups excluding carboxylic acids is 18. The van der Waals surface area contributed by atoms with Crippen LogP contribution in [0.4, 0.5) is 0 Å². The van der Waals surface area contributed by atoms with Crippen LogP contribution >= 0.6 is 23.5 Å². The van der Waals surface area contributed by atoms with Crippen molar-refractivity contribution in [1.29, 1.82) is 0 Å². The van der Waals surface area contributed by atoms with E-state index in [1.807, 2.05) is 10.6 Å². The van der Waals surface area contributed by atoms with E-state index < -0.39 is 315 Å². The lowest BCUT2D eigenvalue weighted by atomic mass is 9.96. The molecule has 2 heterocycles. The maximum atomic E-state index is 15.2. The van der Waals surface area contributed by atoms with Crippen LogP contribution in [0.3, 0.4) is 0 Å². The Morgan fingerprint density at radius 3 is 1.04 bits per heavy atom. The van der Waals surface area contributed by atoms with Crippen LogP contribution in [-0.4, -0.2) is 334 Å². The third kappa shape index (κ3) is 45.0. The fraction of sp³-hybridized carbons (Fsp3) is 0.629. The summed E-state index contributed by atoms with van der Waals surface area (Å²) in [4.78, 5) is 332. The van der Waals surface area contributed by atoms with Crippen LogP contribution in [0, 0.1) is 29.6 Å². The molecule has 0 aliphatic carbocycles. The Kier molecular flexibility index (Phi) is 54.6. The van der Waals surface area contributed by atoms with Crippen LogP contribution in [0.15, 0.2) is 54.6 Å². The summed E-state index contributed by atoms with van der Waals surface area (Å²) in [7, 11) is 0. The number of nitrogens with one attached hydrogen (secondary N) is 15. The van der Waals surface area contributed by atoms with Crippen molar-refractivity contribution >= 4 is 166 Å². The number of carboxylic acid groups (broad SMARTS) is 6. The monoisotopic (exact) mass is 2140 g/mol. The van der Waals surface area contributed by atoms with Crippen LogP contribution in [-0.2, 0) is 128 Å². The van der Waals surface area contributed by atoms with Gasteiger partial charge in [-0.15, -0.1) is 0 Å². The third-order valence-electron chi connectivity index (χ3n) is 24.3. The van der Waals surface area contributed by atoms with E-state index in [0.717, 1.165) is 4.90 Å². The van der Waals surface area contributed by atoms with Gasteiger partial charge < -0.3 is 137 Å². The largest absolute Gasteiger partial charge is 0.508 e. The molecule has 2 fully saturated rings. The molecule has 2 aromatic rings. The van der Waals surface area contributed by atoms with Gasteiger partial charge in [0.15, 0.2) is 0 Å². The molecule has 0 saturated carbocycles. The van der Waals surface area contributed by atoms with Crippen LogP contribution in [0.25, 0.3) is 0 Å². The van der Waals surface area contributed by atoms with Crippen LogP contribution in [0.1, 0.15) is 209 Å². The minimum Gasteiger partial charge on any atom is -0.508 e. The normalized spacial score (nSPS) is 16.7. The minimum absolute atomic E-state index is 0.0241. The lowest BCUT2D eigenvalue weighted by molar-refractivity contribution is -0.145. The lowest BCUT2D eigenvalue weighted by Crippen LogP contribution is -2.61. The maximum absolute atomic E-state index is 15.2. The van der Waals surface area contributed by atoms with Gasteiger partial charge in [-0.1, -0.05) is 118 Å². The highest BCUT2D eigenvalue weighted by Crippen LogP contribution is 2.26. The number of phenolic OH excluding ortho intramolecular Hbond substituents is 1. The number of rotatable bonds is 67. The highest BCUT2D eigenvalue weighted by atomic mass is 32.2. The van der Waals surface area contributed by atoms with E-state index >= 15 is 9.59 Å². The number of carbonyl (C=O) groups is 24. The molecule has 0 unspecified atom stereocenters. The summed E-state index contributed by atoms with van der Waals surface area (Å²) in [6.07, 6.45) is -4.34. The predicted octanol–water partition coefficient (Wildman–Crippen LogP) is -2.37. The standard InChI is InChI=1S/C97H147N19O31S2/c1-14-52(10)79(96(145)116-35-19-23-72(116)93(142)104-61(33-37-149-13)84(133)109-67(45-76(123)124)90(139)111-69(47-78(127)128)91(140)110-68(46-77(125)126)89(138)108-64(42-54-20-16-15-17-21-54)87(136)101-58(28-30-73(99)118)82(131)113-70(97(146)147)41-51(8)9)114-92(141)65(43-55-24-26-56(117)27-25-55)112-94(143)71-22-18-34-115(71)95(144)53(11)100-85(134)62(39-49(4)5)106-83(132)60(32-36-148-12)103-81(130)59(29-31-74(119)120)102-86(135)63(40-50(6)7)107-88(137)66(44-75(121)122)105-80(129)57(98)38-48(2)3/h15-17,20-21,24-27,48-53,57-72,79,117H,14,18-19,22-23,28-47,98H2,1-13H3,(H2,99,118)(H,100,134)(H,101,136)(H,102,135)(H,103,130)(H,104,142)(H,105,129)(H,106,132)(H,107,137)(H,108,138)(H,109,133)(H,110,140)(H,111,139)(H,112,143)(H,113,131)(H,114,141)(H,119,120)(H,121,122)(H,123,124)(H,125,126)(H,127,128)(H,146,147)/t52-,53-,57-,58-,59-,60-,61-,62-,63-,64-,65-,66-,67-,68-,69-,70-,71-,72-,79-/m0/s1. The first-order chi connectivity index (χ1) is 70.0. The number of aliphatic carboxylic acids is 6. The molecule has 828 valence electrons. The Morgan fingerprint density at radius 2 is 0.658 bits per heavy atom. The molecule has 0 bridgehead atoms. The number of thioether (sulfide) groups is 2. The Balaban J connectivity index is 1.58. The van der Waals surface area contributed by atoms with Crippen molar-refractivity contribution in [2.24, 2.45) is 41.1 Å². The average molecular weight is 2140 g/mol. The lowest BCUT2D eigenvalue weighted by Gasteiger charge is -2.33. The van der Waals surface area contributed by atoms with Crippen molar-refractivity contribution < 1.29 is 151 Å². The molecule has 4 rings (SSSR count). The molecule has 0 radical (unpaired) electrons. The summed E-state index contributed by atoms with van der Waals surface area (Å²) in [5.74, 6) is -30.4. The van der Waals surface area contributed by atoms with Crippen LogP contribution < -0.4 is 91.2 Å². The molecule has 2 aromatic carbocycles. The summed E-state index contributed by atoms with van der Waals surface area (Å²) >= 11 is 2.44. The number of nitrogens with two attached hydrogens (primary N) is 2. The van der Waals surface area contributed by atoms with Gasteiger partial charge in [0.1, 0.15) is 108 Å². The number of nitrogens with zero attached hydrogens (tertiary/aromatic N) is 2. The van der Waals surface area contributed by atoms with Gasteiger partial charge in [0.2, 0.25) is 106 Å². The van der Waals surface area contributed by atoms with Gasteiger partial charge in [-0.25, -0.2) is 4.79 Å². The van der Waals surface area contributed by atoms with Gasteiger partial charge in [0, 0.05) is 38.8 Å². The molecular formula is C97H147N19O31S2. The van der Waals surface area contributed by atoms with Gasteiger partial charge in [0.05, 0.1) is 31.7 Å². The van der Waals surface area contributed by atoms with Crippen LogP contribution in [0.2, 0.25) is 0 Å². The molecule has 19 atom stereocenters. The highest BCUT2D eigenvalue weighted by molar-refractivity contribution is 7.98. The van der Waals surface area contributed by atoms with Gasteiger partial charge in [0.25, 0.3) is 0 Å². The quantitative estimate of drug-likeness (QED) is 0.0329. The molecular weight excluding hydrogens is 1990 g/mol. The molecule has 2 aliphatic heterocycles. The topological polar surface area (TPSA) is 790 Å². The van der Waals surface area contributed by atoms with Crippen molar-refractivity contribution in [1.82, 2.24) is 89.6 Å². The Morgan fingerprint density at radius 1 is 0.349 bits per heavy atom. The molecule has 26 N–H and O–H groups in total. The molecule has 0 aromatic heterocycles. The second-order valence-corrected chi connectivity index (χ2v) is 40.7. The molecule has 2 saturated heterocycles. The van der Waals surface area contributed by atoms with Crippen molar-refractivity contribution in [3.8, 4) is 5.75 Å². The number of likely N-dealkylation sites (tertiary alicyclic amines) is 2.